The van der Waals surface area contributed by atoms with Crippen LogP contribution in [0.15, 0.2) is 45.5 Å². The first kappa shape index (κ1) is 12.4. The van der Waals surface area contributed by atoms with E-state index in [2.05, 4.69) is 22.9 Å². The van der Waals surface area contributed by atoms with E-state index in [1.165, 1.54) is 0 Å². The van der Waals surface area contributed by atoms with Crippen LogP contribution in [-0.2, 0) is 12.0 Å². The van der Waals surface area contributed by atoms with Gasteiger partial charge in [0.2, 0.25) is 0 Å². The van der Waals surface area contributed by atoms with Crippen LogP contribution in [0.4, 0.5) is 0 Å². The van der Waals surface area contributed by atoms with Crippen LogP contribution >= 0.6 is 15.9 Å². The number of hydrogen-bond donors (Lipinski definition) is 1. The first-order valence-electron chi connectivity index (χ1n) is 5.61. The highest BCUT2D eigenvalue weighted by Gasteiger charge is 2.30. The molecule has 0 aliphatic heterocycles. The van der Waals surface area contributed by atoms with Gasteiger partial charge in [-0.25, -0.2) is 0 Å². The van der Waals surface area contributed by atoms with E-state index in [0.717, 1.165) is 22.0 Å². The van der Waals surface area contributed by atoms with Gasteiger partial charge < -0.3 is 9.52 Å². The van der Waals surface area contributed by atoms with Gasteiger partial charge in [-0.1, -0.05) is 28.9 Å². The molecule has 2 aromatic rings. The van der Waals surface area contributed by atoms with Crippen LogP contribution in [-0.4, -0.2) is 5.11 Å². The van der Waals surface area contributed by atoms with E-state index in [0.29, 0.717) is 5.76 Å². The lowest BCUT2D eigenvalue weighted by Gasteiger charge is -2.24. The Labute approximate surface area is 109 Å². The van der Waals surface area contributed by atoms with E-state index in [9.17, 15) is 5.11 Å². The fourth-order valence-corrected chi connectivity index (χ4v) is 2.36. The van der Waals surface area contributed by atoms with E-state index in [4.69, 9.17) is 4.42 Å². The van der Waals surface area contributed by atoms with Gasteiger partial charge in [-0.05, 0) is 48.7 Å². The van der Waals surface area contributed by atoms with E-state index in [-0.39, 0.29) is 0 Å². The molecule has 0 amide bonds. The maximum Gasteiger partial charge on any atom is 0.144 e. The molecule has 0 saturated heterocycles. The third-order valence-corrected chi connectivity index (χ3v) is 3.47. The third kappa shape index (κ3) is 2.31. The van der Waals surface area contributed by atoms with Crippen molar-refractivity contribution in [1.82, 2.24) is 0 Å². The van der Waals surface area contributed by atoms with Gasteiger partial charge in [0.1, 0.15) is 11.4 Å². The van der Waals surface area contributed by atoms with Gasteiger partial charge in [0, 0.05) is 4.47 Å². The Bertz CT molecular complexity index is 501. The predicted molar refractivity (Wildman–Crippen MR) is 70.9 cm³/mol. The average molecular weight is 295 g/mol. The second kappa shape index (κ2) is 4.67. The summed E-state index contributed by atoms with van der Waals surface area (Å²) in [6, 6.07) is 9.53. The molecule has 0 radical (unpaired) electrons. The van der Waals surface area contributed by atoms with Gasteiger partial charge in [0.15, 0.2) is 0 Å². The van der Waals surface area contributed by atoms with Crippen LogP contribution in [0.25, 0.3) is 0 Å². The average Bonchev–Trinajstić information content (AvgIpc) is 2.83. The molecule has 2 rings (SSSR count). The van der Waals surface area contributed by atoms with Gasteiger partial charge >= 0.3 is 0 Å². The van der Waals surface area contributed by atoms with Crippen molar-refractivity contribution in [3.63, 3.8) is 0 Å². The Morgan fingerprint density at radius 1 is 1.35 bits per heavy atom. The summed E-state index contributed by atoms with van der Waals surface area (Å²) in [4.78, 5) is 0. The summed E-state index contributed by atoms with van der Waals surface area (Å²) in [6.07, 6.45) is 2.45. The Hall–Kier alpha value is -1.06. The monoisotopic (exact) mass is 294 g/mol. The molecule has 0 fully saturated rings. The number of aryl methyl sites for hydroxylation is 1. The van der Waals surface area contributed by atoms with Gasteiger partial charge in [-0.3, -0.25) is 0 Å². The Kier molecular flexibility index (Phi) is 3.40. The molecule has 1 heterocycles. The summed E-state index contributed by atoms with van der Waals surface area (Å²) >= 11 is 3.44. The summed E-state index contributed by atoms with van der Waals surface area (Å²) in [5, 5.41) is 10.7. The zero-order chi connectivity index (χ0) is 12.5. The minimum Gasteiger partial charge on any atom is -0.466 e. The summed E-state index contributed by atoms with van der Waals surface area (Å²) in [5.74, 6) is 0.560. The Balaban J connectivity index is 2.56. The summed E-state index contributed by atoms with van der Waals surface area (Å²) in [7, 11) is 0. The van der Waals surface area contributed by atoms with Crippen molar-refractivity contribution in [2.45, 2.75) is 25.9 Å². The molecule has 0 aliphatic carbocycles. The van der Waals surface area contributed by atoms with E-state index in [1.807, 2.05) is 18.2 Å². The molecule has 3 heteroatoms. The highest BCUT2D eigenvalue weighted by molar-refractivity contribution is 9.10. The SMILES string of the molecule is CCc1ccc(Br)cc1C(C)(O)c1ccco1. The zero-order valence-corrected chi connectivity index (χ0v) is 11.5. The molecule has 17 heavy (non-hydrogen) atoms. The first-order valence-corrected chi connectivity index (χ1v) is 6.40. The molecule has 1 aromatic heterocycles. The predicted octanol–water partition coefficient (Wildman–Crippen LogP) is 3.86. The molecule has 90 valence electrons. The van der Waals surface area contributed by atoms with E-state index < -0.39 is 5.60 Å². The molecular weight excluding hydrogens is 280 g/mol. The van der Waals surface area contributed by atoms with Gasteiger partial charge in [-0.2, -0.15) is 0 Å². The maximum absolute atomic E-state index is 10.7. The first-order chi connectivity index (χ1) is 8.05. The van der Waals surface area contributed by atoms with Crippen molar-refractivity contribution in [3.8, 4) is 0 Å². The molecule has 2 nitrogen and oxygen atoms in total. The smallest absolute Gasteiger partial charge is 0.144 e. The normalized spacial score (nSPS) is 14.6. The third-order valence-electron chi connectivity index (χ3n) is 2.98. The fourth-order valence-electron chi connectivity index (χ4n) is 2.00. The lowest BCUT2D eigenvalue weighted by atomic mass is 9.88. The highest BCUT2D eigenvalue weighted by Crippen LogP contribution is 2.33. The number of aliphatic hydroxyl groups is 1. The second-order valence-electron chi connectivity index (χ2n) is 4.20. The van der Waals surface area contributed by atoms with E-state index >= 15 is 0 Å². The summed E-state index contributed by atoms with van der Waals surface area (Å²) < 4.78 is 6.28. The van der Waals surface area contributed by atoms with Crippen LogP contribution in [0.1, 0.15) is 30.7 Å². The molecule has 1 aromatic carbocycles. The second-order valence-corrected chi connectivity index (χ2v) is 5.12. The molecular formula is C14H15BrO2. The number of benzene rings is 1. The van der Waals surface area contributed by atoms with Crippen molar-refractivity contribution in [2.24, 2.45) is 0 Å². The topological polar surface area (TPSA) is 33.4 Å². The number of rotatable bonds is 3. The molecule has 0 aliphatic rings. The van der Waals surface area contributed by atoms with Gasteiger partial charge in [0.25, 0.3) is 0 Å². The fraction of sp³-hybridized carbons (Fsp3) is 0.286. The molecule has 1 unspecified atom stereocenters. The van der Waals surface area contributed by atoms with E-state index in [1.54, 1.807) is 25.3 Å². The maximum atomic E-state index is 10.7. The molecule has 0 bridgehead atoms. The molecule has 1 atom stereocenters. The summed E-state index contributed by atoms with van der Waals surface area (Å²) in [6.45, 7) is 3.83. The van der Waals surface area contributed by atoms with Gasteiger partial charge in [0.05, 0.1) is 6.26 Å². The lowest BCUT2D eigenvalue weighted by molar-refractivity contribution is 0.0758. The van der Waals surface area contributed by atoms with Crippen molar-refractivity contribution < 1.29 is 9.52 Å². The van der Waals surface area contributed by atoms with Crippen molar-refractivity contribution in [3.05, 3.63) is 58.0 Å². The van der Waals surface area contributed by atoms with Crippen LogP contribution < -0.4 is 0 Å². The standard InChI is InChI=1S/C14H15BrO2/c1-3-10-6-7-11(15)9-12(10)14(2,16)13-5-4-8-17-13/h4-9,16H,3H2,1-2H3. The van der Waals surface area contributed by atoms with Crippen molar-refractivity contribution in [2.75, 3.05) is 0 Å². The number of hydrogen-bond acceptors (Lipinski definition) is 2. The number of furan rings is 1. The quantitative estimate of drug-likeness (QED) is 0.932. The molecule has 0 spiro atoms. The minimum atomic E-state index is -1.10. The summed E-state index contributed by atoms with van der Waals surface area (Å²) in [5.41, 5.74) is 0.900. The van der Waals surface area contributed by atoms with Crippen LogP contribution in [0.3, 0.4) is 0 Å². The Morgan fingerprint density at radius 2 is 2.12 bits per heavy atom. The van der Waals surface area contributed by atoms with Crippen LogP contribution in [0.2, 0.25) is 0 Å². The minimum absolute atomic E-state index is 0.560. The Morgan fingerprint density at radius 3 is 2.71 bits per heavy atom. The zero-order valence-electron chi connectivity index (χ0n) is 9.90. The molecule has 1 N–H and O–H groups in total. The largest absolute Gasteiger partial charge is 0.466 e. The lowest BCUT2D eigenvalue weighted by Crippen LogP contribution is -2.23. The van der Waals surface area contributed by atoms with Crippen molar-refractivity contribution in [1.29, 1.82) is 0 Å². The van der Waals surface area contributed by atoms with Crippen LogP contribution in [0.5, 0.6) is 0 Å². The van der Waals surface area contributed by atoms with Gasteiger partial charge in [-0.15, -0.1) is 0 Å². The van der Waals surface area contributed by atoms with Crippen LogP contribution in [0, 0.1) is 0 Å². The number of halogens is 1. The highest BCUT2D eigenvalue weighted by atomic mass is 79.9. The van der Waals surface area contributed by atoms with Crippen molar-refractivity contribution >= 4 is 15.9 Å². The molecule has 0 saturated carbocycles.